The second-order valence-electron chi connectivity index (χ2n) is 5.17. The number of rotatable bonds is 1. The molecule has 0 amide bonds. The van der Waals surface area contributed by atoms with E-state index in [0.29, 0.717) is 5.04 Å². The Labute approximate surface area is 77.4 Å². The highest BCUT2D eigenvalue weighted by molar-refractivity contribution is 6.87. The van der Waals surface area contributed by atoms with E-state index in [1.807, 2.05) is 0 Å². The molecule has 1 heteroatoms. The number of hydrogen-bond acceptors (Lipinski definition) is 0. The first-order valence-corrected chi connectivity index (χ1v) is 7.73. The summed E-state index contributed by atoms with van der Waals surface area (Å²) in [5, 5.41) is 2.11. The van der Waals surface area contributed by atoms with Gasteiger partial charge < -0.3 is 0 Å². The quantitative estimate of drug-likeness (QED) is 0.537. The summed E-state index contributed by atoms with van der Waals surface area (Å²) in [5.41, 5.74) is 0. The second-order valence-corrected chi connectivity index (χ2v) is 10.5. The summed E-state index contributed by atoms with van der Waals surface area (Å²) in [6.45, 7) is 12.0. The van der Waals surface area contributed by atoms with Crippen LogP contribution in [0.5, 0.6) is 0 Å². The van der Waals surface area contributed by atoms with Gasteiger partial charge in [0.05, 0.1) is 8.07 Å². The van der Waals surface area contributed by atoms with E-state index in [9.17, 15) is 0 Å². The topological polar surface area (TPSA) is 0 Å². The van der Waals surface area contributed by atoms with E-state index in [2.05, 4.69) is 52.1 Å². The van der Waals surface area contributed by atoms with Crippen LogP contribution in [0.15, 0.2) is 23.4 Å². The normalized spacial score (nSPS) is 18.2. The summed E-state index contributed by atoms with van der Waals surface area (Å²) in [6.07, 6.45) is 8.16. The Morgan fingerprint density at radius 2 is 1.83 bits per heavy atom. The van der Waals surface area contributed by atoms with Crippen molar-refractivity contribution >= 4 is 8.07 Å². The van der Waals surface area contributed by atoms with Gasteiger partial charge in [-0.1, -0.05) is 57.3 Å². The molecule has 0 atom stereocenters. The molecule has 0 N–H and O–H groups in total. The molecule has 0 aromatic rings. The van der Waals surface area contributed by atoms with Gasteiger partial charge in [0, 0.05) is 0 Å². The van der Waals surface area contributed by atoms with Crippen molar-refractivity contribution in [2.75, 3.05) is 0 Å². The van der Waals surface area contributed by atoms with Gasteiger partial charge in [0.1, 0.15) is 0 Å². The smallest absolute Gasteiger partial charge is 0.0815 e. The van der Waals surface area contributed by atoms with Gasteiger partial charge in [-0.05, 0) is 11.5 Å². The largest absolute Gasteiger partial charge is 0.0854 e. The molecule has 0 radical (unpaired) electrons. The van der Waals surface area contributed by atoms with Gasteiger partial charge >= 0.3 is 0 Å². The minimum Gasteiger partial charge on any atom is -0.0815 e. The Kier molecular flexibility index (Phi) is 2.35. The summed E-state index contributed by atoms with van der Waals surface area (Å²) in [7, 11) is -1.20. The first kappa shape index (κ1) is 9.78. The molecule has 68 valence electrons. The maximum Gasteiger partial charge on any atom is 0.0854 e. The molecule has 0 saturated carbocycles. The van der Waals surface area contributed by atoms with Crippen molar-refractivity contribution in [3.8, 4) is 0 Å². The summed E-state index contributed by atoms with van der Waals surface area (Å²) in [6, 6.07) is 0. The Bertz CT molecular complexity index is 226. The molecule has 1 rings (SSSR count). The van der Waals surface area contributed by atoms with E-state index in [0.717, 1.165) is 6.42 Å². The lowest BCUT2D eigenvalue weighted by atomic mass is 10.2. The zero-order valence-electron chi connectivity index (χ0n) is 8.94. The van der Waals surface area contributed by atoms with Crippen molar-refractivity contribution in [3.05, 3.63) is 23.4 Å². The lowest BCUT2D eigenvalue weighted by Crippen LogP contribution is -2.38. The van der Waals surface area contributed by atoms with Gasteiger partial charge in [0.25, 0.3) is 0 Å². The molecule has 0 bridgehead atoms. The van der Waals surface area contributed by atoms with Gasteiger partial charge in [-0.15, -0.1) is 0 Å². The monoisotopic (exact) mass is 180 g/mol. The Morgan fingerprint density at radius 1 is 1.25 bits per heavy atom. The van der Waals surface area contributed by atoms with Crippen molar-refractivity contribution in [1.29, 1.82) is 0 Å². The third-order valence-electron chi connectivity index (χ3n) is 3.37. The Hall–Kier alpha value is -0.303. The van der Waals surface area contributed by atoms with E-state index in [1.165, 1.54) is 0 Å². The molecule has 0 unspecified atom stereocenters. The Morgan fingerprint density at radius 3 is 2.17 bits per heavy atom. The lowest BCUT2D eigenvalue weighted by Gasteiger charge is -2.37. The highest BCUT2D eigenvalue weighted by atomic mass is 28.3. The van der Waals surface area contributed by atoms with Crippen molar-refractivity contribution in [3.63, 3.8) is 0 Å². The fourth-order valence-corrected chi connectivity index (χ4v) is 3.38. The molecule has 0 aliphatic heterocycles. The van der Waals surface area contributed by atoms with Gasteiger partial charge in [-0.3, -0.25) is 0 Å². The zero-order chi connectivity index (χ0) is 9.41. The SMILES string of the molecule is CC(C)(C)[Si](C)(C)C1=CCC=C1. The van der Waals surface area contributed by atoms with Gasteiger partial charge in [0.2, 0.25) is 0 Å². The van der Waals surface area contributed by atoms with Crippen molar-refractivity contribution in [1.82, 2.24) is 0 Å². The molecule has 1 aliphatic carbocycles. The second kappa shape index (κ2) is 2.88. The average molecular weight is 180 g/mol. The predicted octanol–water partition coefficient (Wildman–Crippen LogP) is 3.92. The standard InChI is InChI=1S/C11H20Si/c1-11(2,3)12(4,5)10-8-6-7-9-10/h6,8-9H,7H2,1-5H3. The van der Waals surface area contributed by atoms with Crippen LogP contribution in [0.3, 0.4) is 0 Å². The minimum absolute atomic E-state index is 0.480. The van der Waals surface area contributed by atoms with Crippen LogP contribution < -0.4 is 0 Å². The highest BCUT2D eigenvalue weighted by Crippen LogP contribution is 2.42. The van der Waals surface area contributed by atoms with E-state index in [1.54, 1.807) is 5.20 Å². The van der Waals surface area contributed by atoms with Crippen molar-refractivity contribution in [2.45, 2.75) is 45.3 Å². The molecule has 0 aromatic heterocycles. The molecule has 12 heavy (non-hydrogen) atoms. The average Bonchev–Trinajstić information content (AvgIpc) is 2.34. The summed E-state index contributed by atoms with van der Waals surface area (Å²) in [4.78, 5) is 0. The molecule has 0 saturated heterocycles. The van der Waals surface area contributed by atoms with Gasteiger partial charge in [-0.25, -0.2) is 0 Å². The summed E-state index contributed by atoms with van der Waals surface area (Å²) in [5.74, 6) is 0. The summed E-state index contributed by atoms with van der Waals surface area (Å²) >= 11 is 0. The number of hydrogen-bond donors (Lipinski definition) is 0. The van der Waals surface area contributed by atoms with Crippen LogP contribution in [0.25, 0.3) is 0 Å². The predicted molar refractivity (Wildman–Crippen MR) is 59.0 cm³/mol. The molecule has 0 spiro atoms. The third-order valence-corrected chi connectivity index (χ3v) is 8.93. The van der Waals surface area contributed by atoms with Gasteiger partial charge in [0.15, 0.2) is 0 Å². The van der Waals surface area contributed by atoms with E-state index in [-0.39, 0.29) is 0 Å². The van der Waals surface area contributed by atoms with Gasteiger partial charge in [-0.2, -0.15) is 0 Å². The van der Waals surface area contributed by atoms with E-state index >= 15 is 0 Å². The van der Waals surface area contributed by atoms with Crippen LogP contribution in [-0.2, 0) is 0 Å². The minimum atomic E-state index is -1.20. The molecule has 0 aromatic carbocycles. The fourth-order valence-electron chi connectivity index (χ4n) is 1.35. The first-order valence-electron chi connectivity index (χ1n) is 4.73. The van der Waals surface area contributed by atoms with Crippen molar-refractivity contribution in [2.24, 2.45) is 0 Å². The summed E-state index contributed by atoms with van der Waals surface area (Å²) < 4.78 is 0. The van der Waals surface area contributed by atoms with Crippen LogP contribution in [0, 0.1) is 0 Å². The highest BCUT2D eigenvalue weighted by Gasteiger charge is 2.37. The molecule has 0 fully saturated rings. The van der Waals surface area contributed by atoms with Crippen molar-refractivity contribution < 1.29 is 0 Å². The lowest BCUT2D eigenvalue weighted by molar-refractivity contribution is 0.726. The molecule has 0 heterocycles. The Balaban J connectivity index is 2.92. The van der Waals surface area contributed by atoms with E-state index < -0.39 is 8.07 Å². The molecule has 0 nitrogen and oxygen atoms in total. The number of allylic oxidation sites excluding steroid dienone is 4. The fraction of sp³-hybridized carbons (Fsp3) is 0.636. The first-order chi connectivity index (χ1) is 5.36. The van der Waals surface area contributed by atoms with Crippen LogP contribution in [0.2, 0.25) is 18.1 Å². The molecular weight excluding hydrogens is 160 g/mol. The maximum absolute atomic E-state index is 2.47. The third kappa shape index (κ3) is 1.56. The van der Waals surface area contributed by atoms with Crippen LogP contribution in [0.1, 0.15) is 27.2 Å². The van der Waals surface area contributed by atoms with E-state index in [4.69, 9.17) is 0 Å². The van der Waals surface area contributed by atoms with Crippen LogP contribution in [-0.4, -0.2) is 8.07 Å². The maximum atomic E-state index is 2.47. The molecule has 1 aliphatic rings. The molecular formula is C11H20Si. The van der Waals surface area contributed by atoms with Crippen LogP contribution >= 0.6 is 0 Å². The zero-order valence-corrected chi connectivity index (χ0v) is 9.94. The van der Waals surface area contributed by atoms with Crippen LogP contribution in [0.4, 0.5) is 0 Å².